The molecule has 2 heterocycles. The first-order chi connectivity index (χ1) is 11.8. The first kappa shape index (κ1) is 18.0. The summed E-state index contributed by atoms with van der Waals surface area (Å²) in [7, 11) is -3.96. The Hall–Kier alpha value is -1.84. The molecule has 2 aromatic heterocycles. The number of thiophene rings is 1. The van der Waals surface area contributed by atoms with Crippen LogP contribution in [-0.4, -0.2) is 13.4 Å². The van der Waals surface area contributed by atoms with Gasteiger partial charge in [-0.05, 0) is 31.5 Å². The van der Waals surface area contributed by atoms with E-state index in [4.69, 9.17) is 0 Å². The number of anilines is 1. The number of nitrogens with one attached hydrogen (secondary N) is 1. The number of thiazole rings is 1. The molecular weight excluding hydrogens is 386 g/mol. The maximum Gasteiger partial charge on any atom is 0.263 e. The number of hydrogen-bond acceptors (Lipinski definition) is 5. The Morgan fingerprint density at radius 1 is 1.16 bits per heavy atom. The summed E-state index contributed by atoms with van der Waals surface area (Å²) >= 11 is 2.83. The first-order valence-electron chi connectivity index (χ1n) is 7.32. The van der Waals surface area contributed by atoms with E-state index in [1.807, 2.05) is 12.3 Å². The second kappa shape index (κ2) is 6.81. The van der Waals surface area contributed by atoms with Gasteiger partial charge >= 0.3 is 0 Å². The zero-order valence-electron chi connectivity index (χ0n) is 13.3. The third-order valence-electron chi connectivity index (χ3n) is 3.38. The van der Waals surface area contributed by atoms with E-state index >= 15 is 0 Å². The summed E-state index contributed by atoms with van der Waals surface area (Å²) in [5, 5.41) is 2.86. The van der Waals surface area contributed by atoms with Crippen molar-refractivity contribution in [2.45, 2.75) is 25.2 Å². The highest BCUT2D eigenvalue weighted by atomic mass is 32.2. The van der Waals surface area contributed by atoms with Crippen molar-refractivity contribution in [3.8, 4) is 10.6 Å². The van der Waals surface area contributed by atoms with Gasteiger partial charge in [-0.15, -0.1) is 22.7 Å². The number of halogens is 2. The predicted molar refractivity (Wildman–Crippen MR) is 96.7 cm³/mol. The molecule has 0 atom stereocenters. The third-order valence-corrected chi connectivity index (χ3v) is 7.09. The fraction of sp³-hybridized carbons (Fsp3) is 0.188. The highest BCUT2D eigenvalue weighted by Crippen LogP contribution is 2.35. The minimum atomic E-state index is -3.96. The molecule has 0 spiro atoms. The topological polar surface area (TPSA) is 59.1 Å². The molecule has 0 bridgehead atoms. The lowest BCUT2D eigenvalue weighted by molar-refractivity contribution is 0.584. The summed E-state index contributed by atoms with van der Waals surface area (Å²) in [4.78, 5) is 5.84. The lowest BCUT2D eigenvalue weighted by Gasteiger charge is -2.07. The Kier molecular flexibility index (Phi) is 4.90. The van der Waals surface area contributed by atoms with Gasteiger partial charge in [0.25, 0.3) is 10.0 Å². The van der Waals surface area contributed by atoms with Crippen molar-refractivity contribution in [2.75, 3.05) is 4.72 Å². The van der Waals surface area contributed by atoms with Crippen LogP contribution in [0, 0.1) is 18.6 Å². The smallest absolute Gasteiger partial charge is 0.263 e. The third kappa shape index (κ3) is 3.88. The van der Waals surface area contributed by atoms with E-state index in [-0.39, 0.29) is 10.6 Å². The maximum atomic E-state index is 13.3. The largest absolute Gasteiger partial charge is 0.279 e. The van der Waals surface area contributed by atoms with Gasteiger partial charge in [0.15, 0.2) is 0 Å². The SMILES string of the molecule is CCc1nc(-c2cc(S(=O)(=O)Nc3cc(F)cc(F)c3)c(C)s2)cs1. The molecule has 0 aliphatic carbocycles. The van der Waals surface area contributed by atoms with Crippen molar-refractivity contribution in [3.05, 3.63) is 51.2 Å². The number of rotatable bonds is 5. The summed E-state index contributed by atoms with van der Waals surface area (Å²) < 4.78 is 53.9. The van der Waals surface area contributed by atoms with Crippen molar-refractivity contribution in [2.24, 2.45) is 0 Å². The highest BCUT2D eigenvalue weighted by molar-refractivity contribution is 7.93. The van der Waals surface area contributed by atoms with E-state index in [1.54, 1.807) is 6.92 Å². The van der Waals surface area contributed by atoms with E-state index in [0.29, 0.717) is 10.9 Å². The number of sulfonamides is 1. The van der Waals surface area contributed by atoms with Crippen molar-refractivity contribution in [3.63, 3.8) is 0 Å². The molecule has 0 saturated carbocycles. The first-order valence-corrected chi connectivity index (χ1v) is 10.5. The number of hydrogen-bond donors (Lipinski definition) is 1. The fourth-order valence-corrected chi connectivity index (χ4v) is 5.68. The average Bonchev–Trinajstić information content (AvgIpc) is 3.11. The molecule has 3 aromatic rings. The molecular formula is C16H14F2N2O2S3. The van der Waals surface area contributed by atoms with Crippen molar-refractivity contribution in [1.29, 1.82) is 0 Å². The summed E-state index contributed by atoms with van der Waals surface area (Å²) in [6.07, 6.45) is 0.812. The molecule has 1 N–H and O–H groups in total. The van der Waals surface area contributed by atoms with Gasteiger partial charge < -0.3 is 0 Å². The molecule has 3 rings (SSSR count). The lowest BCUT2D eigenvalue weighted by atomic mass is 10.3. The minimum absolute atomic E-state index is 0.0724. The van der Waals surface area contributed by atoms with Crippen molar-refractivity contribution < 1.29 is 17.2 Å². The molecule has 0 aliphatic rings. The van der Waals surface area contributed by atoms with Crippen molar-refractivity contribution >= 4 is 38.4 Å². The molecule has 1 aromatic carbocycles. The Morgan fingerprint density at radius 3 is 2.44 bits per heavy atom. The van der Waals surface area contributed by atoms with E-state index in [9.17, 15) is 17.2 Å². The Bertz CT molecular complexity index is 1010. The Morgan fingerprint density at radius 2 is 1.84 bits per heavy atom. The van der Waals surface area contributed by atoms with Crippen LogP contribution in [0.15, 0.2) is 34.5 Å². The number of benzene rings is 1. The maximum absolute atomic E-state index is 13.3. The van der Waals surface area contributed by atoms with Gasteiger partial charge in [-0.25, -0.2) is 22.2 Å². The second-order valence-corrected chi connectivity index (χ2v) is 9.12. The molecule has 0 fully saturated rings. The van der Waals surface area contributed by atoms with E-state index in [0.717, 1.165) is 34.1 Å². The highest BCUT2D eigenvalue weighted by Gasteiger charge is 2.22. The summed E-state index contributed by atoms with van der Waals surface area (Å²) in [6, 6.07) is 4.07. The standard InChI is InChI=1S/C16H14F2N2O2S3/c1-3-16-19-13(8-23-16)14-7-15(9(2)24-14)25(21,22)20-12-5-10(17)4-11(18)6-12/h4-8,20H,3H2,1-2H3. The number of aryl methyl sites for hydroxylation is 2. The summed E-state index contributed by atoms with van der Waals surface area (Å²) in [5.74, 6) is -1.70. The van der Waals surface area contributed by atoms with Gasteiger partial charge in [-0.3, -0.25) is 4.72 Å². The van der Waals surface area contributed by atoms with Gasteiger partial charge in [0.1, 0.15) is 16.5 Å². The van der Waals surface area contributed by atoms with Crippen LogP contribution in [0.4, 0.5) is 14.5 Å². The fourth-order valence-electron chi connectivity index (χ4n) is 2.27. The predicted octanol–water partition coefficient (Wildman–Crippen LogP) is 4.82. The molecule has 4 nitrogen and oxygen atoms in total. The van der Waals surface area contributed by atoms with Gasteiger partial charge in [-0.2, -0.15) is 0 Å². The zero-order valence-corrected chi connectivity index (χ0v) is 15.8. The molecule has 25 heavy (non-hydrogen) atoms. The van der Waals surface area contributed by atoms with E-state index < -0.39 is 21.7 Å². The second-order valence-electron chi connectivity index (χ2n) is 5.27. The van der Waals surface area contributed by atoms with Crippen LogP contribution in [0.3, 0.4) is 0 Å². The van der Waals surface area contributed by atoms with Crippen LogP contribution in [0.5, 0.6) is 0 Å². The van der Waals surface area contributed by atoms with Crippen LogP contribution in [0.25, 0.3) is 10.6 Å². The van der Waals surface area contributed by atoms with Crippen LogP contribution >= 0.6 is 22.7 Å². The van der Waals surface area contributed by atoms with Crippen molar-refractivity contribution in [1.82, 2.24) is 4.98 Å². The van der Waals surface area contributed by atoms with Crippen LogP contribution in [-0.2, 0) is 16.4 Å². The summed E-state index contributed by atoms with van der Waals surface area (Å²) in [6.45, 7) is 3.68. The average molecular weight is 400 g/mol. The van der Waals surface area contributed by atoms with Crippen LogP contribution in [0.2, 0.25) is 0 Å². The van der Waals surface area contributed by atoms with Gasteiger partial charge in [0.2, 0.25) is 0 Å². The molecule has 0 aliphatic heterocycles. The van der Waals surface area contributed by atoms with E-state index in [2.05, 4.69) is 9.71 Å². The molecule has 132 valence electrons. The monoisotopic (exact) mass is 400 g/mol. The molecule has 9 heteroatoms. The zero-order chi connectivity index (χ0) is 18.2. The minimum Gasteiger partial charge on any atom is -0.279 e. The molecule has 0 amide bonds. The quantitative estimate of drug-likeness (QED) is 0.668. The molecule has 0 saturated heterocycles. The molecule has 0 unspecified atom stereocenters. The van der Waals surface area contributed by atoms with Gasteiger partial charge in [0.05, 0.1) is 21.3 Å². The normalized spacial score (nSPS) is 11.7. The van der Waals surface area contributed by atoms with Crippen LogP contribution < -0.4 is 4.72 Å². The number of aromatic nitrogens is 1. The lowest BCUT2D eigenvalue weighted by Crippen LogP contribution is -2.13. The van der Waals surface area contributed by atoms with Crippen LogP contribution in [0.1, 0.15) is 16.8 Å². The Balaban J connectivity index is 1.94. The number of nitrogens with zero attached hydrogens (tertiary/aromatic N) is 1. The molecule has 0 radical (unpaired) electrons. The van der Waals surface area contributed by atoms with Gasteiger partial charge in [0, 0.05) is 16.3 Å². The Labute approximate surface area is 152 Å². The van der Waals surface area contributed by atoms with E-state index in [1.165, 1.54) is 28.7 Å². The summed E-state index contributed by atoms with van der Waals surface area (Å²) in [5.41, 5.74) is 0.569. The van der Waals surface area contributed by atoms with Gasteiger partial charge in [-0.1, -0.05) is 6.92 Å².